The lowest BCUT2D eigenvalue weighted by molar-refractivity contribution is 0.352. The van der Waals surface area contributed by atoms with E-state index in [2.05, 4.69) is 46.3 Å². The first-order chi connectivity index (χ1) is 10.2. The van der Waals surface area contributed by atoms with Crippen LogP contribution < -0.4 is 10.6 Å². The highest BCUT2D eigenvalue weighted by Crippen LogP contribution is 2.28. The van der Waals surface area contributed by atoms with E-state index in [1.54, 1.807) is 6.33 Å². The van der Waals surface area contributed by atoms with Crippen molar-refractivity contribution < 1.29 is 0 Å². The Kier molecular flexibility index (Phi) is 6.23. The molecule has 21 heavy (non-hydrogen) atoms. The highest BCUT2D eigenvalue weighted by molar-refractivity contribution is 5.59. The number of hydrogen-bond donors (Lipinski definition) is 2. The Morgan fingerprint density at radius 3 is 2.29 bits per heavy atom. The first-order valence-electron chi connectivity index (χ1n) is 8.27. The quantitative estimate of drug-likeness (QED) is 0.771. The fourth-order valence-corrected chi connectivity index (χ4v) is 2.81. The smallest absolute Gasteiger partial charge is 0.135 e. The summed E-state index contributed by atoms with van der Waals surface area (Å²) in [5.41, 5.74) is 1.20. The third-order valence-electron chi connectivity index (χ3n) is 3.92. The Morgan fingerprint density at radius 1 is 1.10 bits per heavy atom. The Hall–Kier alpha value is -1.36. The van der Waals surface area contributed by atoms with Crippen molar-refractivity contribution in [2.24, 2.45) is 0 Å². The van der Waals surface area contributed by atoms with E-state index >= 15 is 0 Å². The minimum Gasteiger partial charge on any atom is -0.370 e. The van der Waals surface area contributed by atoms with Crippen molar-refractivity contribution in [1.82, 2.24) is 14.9 Å². The third kappa shape index (κ3) is 4.56. The molecule has 0 bridgehead atoms. The minimum atomic E-state index is 0.403. The molecule has 0 unspecified atom stereocenters. The monoisotopic (exact) mass is 291 g/mol. The zero-order chi connectivity index (χ0) is 15.1. The van der Waals surface area contributed by atoms with Crippen molar-refractivity contribution in [1.29, 1.82) is 0 Å². The number of aromatic nitrogens is 2. The lowest BCUT2D eigenvalue weighted by atomic mass is 10.0. The van der Waals surface area contributed by atoms with Crippen LogP contribution in [-0.4, -0.2) is 47.6 Å². The summed E-state index contributed by atoms with van der Waals surface area (Å²) in [5, 5.41) is 6.92. The number of anilines is 2. The summed E-state index contributed by atoms with van der Waals surface area (Å²) < 4.78 is 0. The third-order valence-corrected chi connectivity index (χ3v) is 3.92. The van der Waals surface area contributed by atoms with Gasteiger partial charge in [-0.1, -0.05) is 20.8 Å². The second-order valence-corrected chi connectivity index (χ2v) is 6.04. The maximum atomic E-state index is 4.45. The molecule has 5 nitrogen and oxygen atoms in total. The second kappa shape index (κ2) is 8.17. The highest BCUT2D eigenvalue weighted by Gasteiger charge is 2.15. The van der Waals surface area contributed by atoms with Gasteiger partial charge in [0.25, 0.3) is 0 Å². The number of nitrogens with one attached hydrogen (secondary N) is 2. The van der Waals surface area contributed by atoms with Crippen molar-refractivity contribution in [3.05, 3.63) is 11.9 Å². The molecule has 1 saturated heterocycles. The molecule has 1 aromatic rings. The molecule has 2 rings (SSSR count). The summed E-state index contributed by atoms with van der Waals surface area (Å²) >= 11 is 0. The number of likely N-dealkylation sites (tertiary alicyclic amines) is 1. The van der Waals surface area contributed by atoms with Gasteiger partial charge in [0.1, 0.15) is 18.0 Å². The van der Waals surface area contributed by atoms with Crippen molar-refractivity contribution in [3.63, 3.8) is 0 Å². The summed E-state index contributed by atoms with van der Waals surface area (Å²) in [7, 11) is 0. The van der Waals surface area contributed by atoms with Crippen LogP contribution in [0.2, 0.25) is 0 Å². The van der Waals surface area contributed by atoms with Gasteiger partial charge in [-0.05, 0) is 38.3 Å². The normalized spacial score (nSPS) is 15.6. The molecular formula is C16H29N5. The highest BCUT2D eigenvalue weighted by atomic mass is 15.2. The lowest BCUT2D eigenvalue weighted by Gasteiger charge is -2.19. The Bertz CT molecular complexity index is 427. The second-order valence-electron chi connectivity index (χ2n) is 6.04. The van der Waals surface area contributed by atoms with E-state index in [9.17, 15) is 0 Å². The fraction of sp³-hybridized carbons (Fsp3) is 0.750. The van der Waals surface area contributed by atoms with E-state index in [0.29, 0.717) is 5.92 Å². The van der Waals surface area contributed by atoms with Crippen LogP contribution >= 0.6 is 0 Å². The molecule has 118 valence electrons. The van der Waals surface area contributed by atoms with E-state index in [-0.39, 0.29) is 0 Å². The van der Waals surface area contributed by atoms with Gasteiger partial charge in [-0.25, -0.2) is 9.97 Å². The molecule has 2 N–H and O–H groups in total. The molecule has 0 aliphatic carbocycles. The molecule has 1 fully saturated rings. The first kappa shape index (κ1) is 16.0. The molecule has 5 heteroatoms. The number of hydrogen-bond acceptors (Lipinski definition) is 5. The van der Waals surface area contributed by atoms with Crippen molar-refractivity contribution in [3.8, 4) is 0 Å². The summed E-state index contributed by atoms with van der Waals surface area (Å²) in [6.45, 7) is 12.0. The first-order valence-corrected chi connectivity index (χ1v) is 8.27. The molecular weight excluding hydrogens is 262 g/mol. The van der Waals surface area contributed by atoms with Crippen LogP contribution in [0.25, 0.3) is 0 Å². The number of nitrogens with zero attached hydrogens (tertiary/aromatic N) is 3. The predicted octanol–water partition coefficient (Wildman–Crippen LogP) is 2.93. The fourth-order valence-electron chi connectivity index (χ4n) is 2.81. The van der Waals surface area contributed by atoms with Crippen LogP contribution in [0.5, 0.6) is 0 Å². The molecule has 0 radical (unpaired) electrons. The van der Waals surface area contributed by atoms with Gasteiger partial charge in [0.2, 0.25) is 0 Å². The van der Waals surface area contributed by atoms with Crippen LogP contribution in [0.1, 0.15) is 51.5 Å². The van der Waals surface area contributed by atoms with E-state index in [1.807, 2.05) is 0 Å². The molecule has 0 saturated carbocycles. The molecule has 1 aliphatic rings. The summed E-state index contributed by atoms with van der Waals surface area (Å²) in [6.07, 6.45) is 5.44. The van der Waals surface area contributed by atoms with Gasteiger partial charge in [0, 0.05) is 25.2 Å². The van der Waals surface area contributed by atoms with Crippen molar-refractivity contribution >= 4 is 11.6 Å². The van der Waals surface area contributed by atoms with Gasteiger partial charge in [-0.15, -0.1) is 0 Å². The standard InChI is InChI=1S/C16H29N5/c1-4-7-17-15-14(13(2)3)16(20-12-19-15)18-8-11-21-9-5-6-10-21/h12-13H,4-11H2,1-3H3,(H2,17,18,19,20). The molecule has 0 amide bonds. The van der Waals surface area contributed by atoms with Crippen LogP contribution in [0, 0.1) is 0 Å². The Labute approximate surface area is 128 Å². The Balaban J connectivity index is 1.99. The average Bonchev–Trinajstić information content (AvgIpc) is 2.98. The topological polar surface area (TPSA) is 53.1 Å². The lowest BCUT2D eigenvalue weighted by Crippen LogP contribution is -2.26. The molecule has 0 atom stereocenters. The van der Waals surface area contributed by atoms with Gasteiger partial charge < -0.3 is 15.5 Å². The van der Waals surface area contributed by atoms with Crippen molar-refractivity contribution in [2.75, 3.05) is 43.4 Å². The van der Waals surface area contributed by atoms with Crippen LogP contribution in [0.4, 0.5) is 11.6 Å². The molecule has 0 spiro atoms. The average molecular weight is 291 g/mol. The van der Waals surface area contributed by atoms with Crippen LogP contribution in [0.3, 0.4) is 0 Å². The molecule has 0 aromatic carbocycles. The molecule has 1 aromatic heterocycles. The van der Waals surface area contributed by atoms with E-state index < -0.39 is 0 Å². The van der Waals surface area contributed by atoms with Gasteiger partial charge >= 0.3 is 0 Å². The van der Waals surface area contributed by atoms with Gasteiger partial charge in [-0.3, -0.25) is 0 Å². The van der Waals surface area contributed by atoms with Gasteiger partial charge in [0.05, 0.1) is 0 Å². The number of rotatable bonds is 8. The molecule has 2 heterocycles. The zero-order valence-corrected chi connectivity index (χ0v) is 13.7. The van der Waals surface area contributed by atoms with Gasteiger partial charge in [0.15, 0.2) is 0 Å². The van der Waals surface area contributed by atoms with E-state index in [0.717, 1.165) is 37.7 Å². The van der Waals surface area contributed by atoms with Crippen LogP contribution in [0.15, 0.2) is 6.33 Å². The predicted molar refractivity (Wildman–Crippen MR) is 89.1 cm³/mol. The summed E-state index contributed by atoms with van der Waals surface area (Å²) in [4.78, 5) is 11.4. The van der Waals surface area contributed by atoms with Gasteiger partial charge in [-0.2, -0.15) is 0 Å². The maximum Gasteiger partial charge on any atom is 0.135 e. The van der Waals surface area contributed by atoms with Crippen molar-refractivity contribution in [2.45, 2.75) is 46.0 Å². The molecule has 1 aliphatic heterocycles. The maximum absolute atomic E-state index is 4.45. The zero-order valence-electron chi connectivity index (χ0n) is 13.7. The summed E-state index contributed by atoms with van der Waals surface area (Å²) in [6, 6.07) is 0. The van der Waals surface area contributed by atoms with E-state index in [4.69, 9.17) is 0 Å². The largest absolute Gasteiger partial charge is 0.370 e. The minimum absolute atomic E-state index is 0.403. The van der Waals surface area contributed by atoms with Crippen LogP contribution in [-0.2, 0) is 0 Å². The SMILES string of the molecule is CCCNc1ncnc(NCCN2CCCC2)c1C(C)C. The summed E-state index contributed by atoms with van der Waals surface area (Å²) in [5.74, 6) is 2.36. The Morgan fingerprint density at radius 2 is 1.71 bits per heavy atom. The van der Waals surface area contributed by atoms with E-state index in [1.165, 1.54) is 31.5 Å².